The molecule has 0 bridgehead atoms. The van der Waals surface area contributed by atoms with Gasteiger partial charge in [-0.25, -0.2) is 19.2 Å². The predicted octanol–water partition coefficient (Wildman–Crippen LogP) is 33.9. The quantitative estimate of drug-likeness (QED) is 0.0146. The van der Waals surface area contributed by atoms with Gasteiger partial charge in [-0.2, -0.15) is 4.99 Å². The van der Waals surface area contributed by atoms with Gasteiger partial charge in [0.15, 0.2) is 34.5 Å². The monoisotopic (exact) mass is 2600 g/mol. The Morgan fingerprint density at radius 2 is 0.571 bits per heavy atom. The van der Waals surface area contributed by atoms with E-state index in [-0.39, 0.29) is 46.2 Å². The number of hydrogen-bond acceptors (Lipinski definition) is 12. The molecule has 3 heterocycles. The van der Waals surface area contributed by atoms with Crippen molar-refractivity contribution in [3.8, 4) is 0 Å². The fraction of sp³-hybridized carbons (Fsp3) is 0.185. The zero-order valence-electron chi connectivity index (χ0n) is 81.3. The third-order valence-corrected chi connectivity index (χ3v) is 30.2. The average molecular weight is 2610 g/mol. The molecule has 15 aromatic carbocycles. The number of nitrogens with two attached hydrogens (primary N) is 1. The molecule has 3 aliphatic rings. The summed E-state index contributed by atoms with van der Waals surface area (Å²) in [6.45, 7) is 12.0. The van der Waals surface area contributed by atoms with E-state index in [9.17, 15) is 48.9 Å². The molecule has 8 atom stereocenters. The van der Waals surface area contributed by atoms with Crippen LogP contribution >= 0.6 is 159 Å². The van der Waals surface area contributed by atoms with Gasteiger partial charge in [-0.1, -0.05) is 395 Å². The molecule has 18 rings (SSSR count). The Labute approximate surface area is 944 Å². The van der Waals surface area contributed by atoms with Crippen LogP contribution in [0.2, 0.25) is 0 Å². The van der Waals surface area contributed by atoms with Crippen LogP contribution in [0, 0.1) is 5.92 Å². The number of aliphatic hydroxyl groups is 3. The van der Waals surface area contributed by atoms with Crippen LogP contribution in [-0.2, 0) is 28.4 Å². The van der Waals surface area contributed by atoms with E-state index in [1.165, 1.54) is 26.3 Å². The summed E-state index contributed by atoms with van der Waals surface area (Å²) in [5, 5.41) is 36.3. The maximum atomic E-state index is 13.7. The van der Waals surface area contributed by atoms with Gasteiger partial charge in [0.1, 0.15) is 0 Å². The molecule has 756 valence electrons. The van der Waals surface area contributed by atoms with Crippen molar-refractivity contribution >= 4 is 246 Å². The Balaban J connectivity index is 0.000000166. The number of Topliss-reactive ketones (excluding diaryl/α,β-unsaturated/α-hetero) is 3. The lowest BCUT2D eigenvalue weighted by molar-refractivity contribution is 0.0303. The maximum Gasteiger partial charge on any atom is 0.332 e. The second-order valence-electron chi connectivity index (χ2n) is 33.9. The lowest BCUT2D eigenvalue weighted by atomic mass is 9.89. The summed E-state index contributed by atoms with van der Waals surface area (Å²) in [5.41, 5.74) is 12.2. The molecule has 0 radical (unpaired) electrons. The first-order valence-electron chi connectivity index (χ1n) is 47.6. The lowest BCUT2D eigenvalue weighted by Crippen LogP contribution is -2.49. The van der Waals surface area contributed by atoms with Crippen LogP contribution in [-0.4, -0.2) is 79.8 Å². The van der Waals surface area contributed by atoms with E-state index < -0.39 is 35.3 Å². The van der Waals surface area contributed by atoms with Gasteiger partial charge in [0.05, 0.1) is 28.6 Å². The number of nitrogen functional groups attached to an aromatic ring is 1. The van der Waals surface area contributed by atoms with Crippen LogP contribution in [0.1, 0.15) is 140 Å². The Morgan fingerprint density at radius 1 is 0.327 bits per heavy atom. The third-order valence-electron chi connectivity index (χ3n) is 24.3. The molecule has 0 spiro atoms. The summed E-state index contributed by atoms with van der Waals surface area (Å²) in [7, 11) is 0. The Hall–Kier alpha value is -11.0. The molecule has 5 N–H and O–H groups in total. The van der Waals surface area contributed by atoms with Crippen LogP contribution < -0.4 is 35.1 Å². The van der Waals surface area contributed by atoms with Crippen LogP contribution in [0.3, 0.4) is 0 Å². The number of carbonyl (C=O) groups is 6. The second kappa shape index (κ2) is 57.1. The summed E-state index contributed by atoms with van der Waals surface area (Å²) in [6.07, 6.45) is 7.29. The molecule has 3 fully saturated rings. The lowest BCUT2D eigenvalue weighted by Gasteiger charge is -2.37. The van der Waals surface area contributed by atoms with E-state index in [1.807, 2.05) is 411 Å². The summed E-state index contributed by atoms with van der Waals surface area (Å²) in [6, 6.07) is 122. The normalized spacial score (nSPS) is 17.2. The van der Waals surface area contributed by atoms with Gasteiger partial charge in [-0.15, -0.1) is 0 Å². The minimum Gasteiger partial charge on any atom is -0.399 e. The minimum absolute atomic E-state index is 0.0418. The Kier molecular flexibility index (Phi) is 45.2. The Bertz CT molecular complexity index is 6360. The predicted molar refractivity (Wildman–Crippen MR) is 632 cm³/mol. The Morgan fingerprint density at radius 3 is 0.823 bits per heavy atom. The van der Waals surface area contributed by atoms with E-state index in [2.05, 4.69) is 183 Å². The SMILES string of the molecule is CCC(Br)C(=O)c1ccccc1.CCC(Cc1ccc(Br)cc1)C(=O)c1ccccc1.CCC1N(c2ccc(Br)cc2)C(=O)N(c2ccc(Br)cc2)C1(O)c1ccccc1.CCCC(=O)c1ccccc1.CC[C@@H]1N(c2ccc(Br)cc2)C(=O)N(c2ccc(Br)cc2)C1(O)c1ccccc1.CC[C@H]1N(c2ccc(Br)cc2)C(=O)N(c2ccc(Br)cc2)C1(O)c1ccccc1.Nc1ccc(Br)cc1.O=C=Nc1ccc(Br)cc1. The first-order chi connectivity index (χ1) is 70.8. The highest BCUT2D eigenvalue weighted by Crippen LogP contribution is 2.50. The molecule has 3 saturated heterocycles. The number of rotatable bonds is 24. The molecular weight excluding hydrogens is 2500 g/mol. The number of hydrogen-bond donors (Lipinski definition) is 4. The van der Waals surface area contributed by atoms with E-state index in [0.717, 1.165) is 105 Å². The molecule has 147 heavy (non-hydrogen) atoms. The van der Waals surface area contributed by atoms with Crippen molar-refractivity contribution in [2.45, 2.75) is 133 Å². The molecule has 0 saturated carbocycles. The number of anilines is 7. The maximum absolute atomic E-state index is 13.7. The van der Waals surface area contributed by atoms with E-state index >= 15 is 0 Å². The number of urea groups is 3. The highest BCUT2D eigenvalue weighted by molar-refractivity contribution is 9.12. The van der Waals surface area contributed by atoms with Gasteiger partial charge in [0, 0.05) is 126 Å². The summed E-state index contributed by atoms with van der Waals surface area (Å²) < 4.78 is 8.63. The molecule has 0 aromatic heterocycles. The number of carbonyl (C=O) groups excluding carboxylic acids is 7. The smallest absolute Gasteiger partial charge is 0.332 e. The second-order valence-corrected chi connectivity index (χ2v) is 43.3. The third kappa shape index (κ3) is 30.2. The number of aliphatic imine (C=N–C) groups is 1. The van der Waals surface area contributed by atoms with Crippen LogP contribution in [0.5, 0.6) is 0 Å². The molecule has 28 heteroatoms. The fourth-order valence-corrected chi connectivity index (χ4v) is 19.7. The van der Waals surface area contributed by atoms with Gasteiger partial charge in [0.25, 0.3) is 0 Å². The van der Waals surface area contributed by atoms with Gasteiger partial charge in [-0.05, 0) is 257 Å². The zero-order chi connectivity index (χ0) is 106. The molecule has 6 unspecified atom stereocenters. The van der Waals surface area contributed by atoms with Crippen molar-refractivity contribution in [1.82, 2.24) is 0 Å². The topological polar surface area (TPSA) is 238 Å². The zero-order valence-corrected chi connectivity index (χ0v) is 97.2. The van der Waals surface area contributed by atoms with E-state index in [0.29, 0.717) is 65.1 Å². The van der Waals surface area contributed by atoms with E-state index in [1.54, 1.807) is 26.8 Å². The van der Waals surface area contributed by atoms with Crippen molar-refractivity contribution in [1.29, 1.82) is 0 Å². The molecular formula is C119H110Br10N8O10. The van der Waals surface area contributed by atoms with Crippen molar-refractivity contribution < 1.29 is 48.9 Å². The van der Waals surface area contributed by atoms with E-state index in [4.69, 9.17) is 5.73 Å². The van der Waals surface area contributed by atoms with Gasteiger partial charge in [0.2, 0.25) is 6.08 Å². The standard InChI is InChI=1S/3C23H20Br2N2O2.C17H17BrO.C10H11BrO.C10H12O.C7H4BrNO.C6H6BrN/c3*1-2-21-23(29,16-6-4-3-5-7-16)27(20-14-10-18(25)11-15-20)22(28)26(21)19-12-8-17(24)9-13-19;1-2-14(12-13-8-10-16(18)11-9-13)17(19)15-6-4-3-5-7-15;1-2-9(11)10(12)8-6-4-3-5-7-8;1-2-6-10(11)9-7-4-3-5-8-9;8-6-1-3-7(4-2-6)9-5-10;7-5-1-3-6(8)4-2-5/h3*3-15,21,29H,2H2,1H3;3-11,14H,2,12H2,1H3;3-7,9H,2H2,1H3;3-5,7-8H,2,6H2,1H3;1-4H;1-4H,8H2/t2*21-,23?;;;;;;/m10....../s1. The number of ketones is 3. The van der Waals surface area contributed by atoms with Crippen LogP contribution in [0.25, 0.3) is 0 Å². The van der Waals surface area contributed by atoms with Gasteiger partial charge in [-0.3, -0.25) is 43.8 Å². The highest BCUT2D eigenvalue weighted by atomic mass is 79.9. The average Bonchev–Trinajstić information content (AvgIpc) is 1.57. The summed E-state index contributed by atoms with van der Waals surface area (Å²) >= 11 is 34.0. The van der Waals surface area contributed by atoms with Gasteiger partial charge >= 0.3 is 18.1 Å². The molecule has 6 amide bonds. The summed E-state index contributed by atoms with van der Waals surface area (Å²) in [5.74, 6) is 0.709. The highest BCUT2D eigenvalue weighted by Gasteiger charge is 2.61. The molecule has 3 aliphatic heterocycles. The van der Waals surface area contributed by atoms with Crippen molar-refractivity contribution in [3.05, 3.63) is 480 Å². The van der Waals surface area contributed by atoms with Crippen LogP contribution in [0.4, 0.5) is 59.9 Å². The number of amides is 6. The van der Waals surface area contributed by atoms with Gasteiger partial charge < -0.3 is 21.1 Å². The number of nitrogens with zero attached hydrogens (tertiary/aromatic N) is 7. The minimum atomic E-state index is -1.51. The fourth-order valence-electron chi connectivity index (χ4n) is 17.1. The summed E-state index contributed by atoms with van der Waals surface area (Å²) in [4.78, 5) is 99.1. The number of halogens is 10. The van der Waals surface area contributed by atoms with Crippen molar-refractivity contribution in [3.63, 3.8) is 0 Å². The largest absolute Gasteiger partial charge is 0.399 e. The van der Waals surface area contributed by atoms with Crippen LogP contribution in [0.15, 0.2) is 446 Å². The number of alkyl halides is 1. The first kappa shape index (κ1) is 116. The number of isocyanates is 1. The molecule has 15 aromatic rings. The molecule has 18 nitrogen and oxygen atoms in total. The molecule has 0 aliphatic carbocycles. The number of benzene rings is 15. The van der Waals surface area contributed by atoms with Crippen molar-refractivity contribution in [2.75, 3.05) is 35.1 Å². The van der Waals surface area contributed by atoms with Crippen molar-refractivity contribution in [2.24, 2.45) is 10.9 Å². The first-order valence-corrected chi connectivity index (χ1v) is 55.6.